The van der Waals surface area contributed by atoms with Crippen molar-refractivity contribution in [3.8, 4) is 11.3 Å². The minimum absolute atomic E-state index is 0.243. The molecule has 0 radical (unpaired) electrons. The number of thiazole rings is 1. The molecule has 0 bridgehead atoms. The summed E-state index contributed by atoms with van der Waals surface area (Å²) in [6.45, 7) is -0.315. The molecule has 1 aromatic carbocycles. The molecular formula is C21H19FN4O3S. The van der Waals surface area contributed by atoms with Crippen molar-refractivity contribution >= 4 is 39.8 Å². The summed E-state index contributed by atoms with van der Waals surface area (Å²) >= 11 is 1.40. The topological polar surface area (TPSA) is 83.8 Å². The number of rotatable bonds is 4. The van der Waals surface area contributed by atoms with E-state index in [1.165, 1.54) is 23.5 Å². The van der Waals surface area contributed by atoms with Gasteiger partial charge in [0.1, 0.15) is 23.9 Å². The van der Waals surface area contributed by atoms with Crippen LogP contribution in [0.25, 0.3) is 16.2 Å². The van der Waals surface area contributed by atoms with Crippen molar-refractivity contribution in [1.29, 1.82) is 0 Å². The molecule has 3 heterocycles. The molecule has 154 valence electrons. The molecule has 2 fully saturated rings. The highest BCUT2D eigenvalue weighted by atomic mass is 32.1. The van der Waals surface area contributed by atoms with Crippen LogP contribution in [-0.4, -0.2) is 38.6 Å². The van der Waals surface area contributed by atoms with Gasteiger partial charge in [0.25, 0.3) is 0 Å². The van der Waals surface area contributed by atoms with Crippen molar-refractivity contribution in [2.45, 2.75) is 25.7 Å². The van der Waals surface area contributed by atoms with Crippen LogP contribution in [0.4, 0.5) is 10.2 Å². The number of nitrogens with one attached hydrogen (secondary N) is 1. The summed E-state index contributed by atoms with van der Waals surface area (Å²) in [5.41, 5.74) is 1.16. The van der Waals surface area contributed by atoms with Gasteiger partial charge in [-0.05, 0) is 37.1 Å². The molecule has 9 heteroatoms. The third kappa shape index (κ3) is 3.09. The van der Waals surface area contributed by atoms with E-state index in [0.717, 1.165) is 17.7 Å². The van der Waals surface area contributed by atoms with Gasteiger partial charge in [0.15, 0.2) is 4.96 Å². The van der Waals surface area contributed by atoms with E-state index in [2.05, 4.69) is 10.3 Å². The van der Waals surface area contributed by atoms with Crippen molar-refractivity contribution in [2.75, 3.05) is 11.9 Å². The van der Waals surface area contributed by atoms with Crippen LogP contribution in [0.1, 0.15) is 25.7 Å². The molecule has 5 rings (SSSR count). The smallest absolute Gasteiger partial charge is 0.245 e. The molecule has 3 amide bonds. The van der Waals surface area contributed by atoms with E-state index in [-0.39, 0.29) is 36.0 Å². The Balaban J connectivity index is 1.40. The Kier molecular flexibility index (Phi) is 4.62. The van der Waals surface area contributed by atoms with Gasteiger partial charge in [-0.15, -0.1) is 11.3 Å². The Morgan fingerprint density at radius 3 is 2.47 bits per heavy atom. The van der Waals surface area contributed by atoms with Crippen LogP contribution in [0.2, 0.25) is 0 Å². The predicted molar refractivity (Wildman–Crippen MR) is 109 cm³/mol. The Hall–Kier alpha value is -3.07. The lowest BCUT2D eigenvalue weighted by atomic mass is 9.81. The largest absolute Gasteiger partial charge is 0.308 e. The van der Waals surface area contributed by atoms with E-state index in [1.54, 1.807) is 22.7 Å². The van der Waals surface area contributed by atoms with Crippen molar-refractivity contribution in [3.63, 3.8) is 0 Å². The summed E-state index contributed by atoms with van der Waals surface area (Å²) in [5.74, 6) is -1.45. The Morgan fingerprint density at radius 1 is 1.13 bits per heavy atom. The second kappa shape index (κ2) is 7.32. The first-order valence-electron chi connectivity index (χ1n) is 9.89. The highest BCUT2D eigenvalue weighted by Gasteiger charge is 2.48. The molecule has 2 unspecified atom stereocenters. The van der Waals surface area contributed by atoms with Crippen LogP contribution in [0.5, 0.6) is 0 Å². The monoisotopic (exact) mass is 426 g/mol. The normalized spacial score (nSPS) is 21.3. The van der Waals surface area contributed by atoms with E-state index >= 15 is 0 Å². The van der Waals surface area contributed by atoms with Gasteiger partial charge in [0, 0.05) is 17.1 Å². The molecule has 2 aliphatic rings. The van der Waals surface area contributed by atoms with Gasteiger partial charge in [-0.25, -0.2) is 9.37 Å². The lowest BCUT2D eigenvalue weighted by Crippen LogP contribution is -2.38. The van der Waals surface area contributed by atoms with Crippen molar-refractivity contribution in [2.24, 2.45) is 11.8 Å². The first kappa shape index (κ1) is 18.9. The van der Waals surface area contributed by atoms with Gasteiger partial charge < -0.3 is 5.32 Å². The maximum absolute atomic E-state index is 13.3. The van der Waals surface area contributed by atoms with Gasteiger partial charge >= 0.3 is 0 Å². The second-order valence-corrected chi connectivity index (χ2v) is 8.55. The van der Waals surface area contributed by atoms with E-state index in [0.29, 0.717) is 34.9 Å². The number of carbonyl (C=O) groups is 3. The molecule has 1 aliphatic carbocycles. The lowest BCUT2D eigenvalue weighted by Gasteiger charge is -2.19. The summed E-state index contributed by atoms with van der Waals surface area (Å²) in [6.07, 6.45) is 5.07. The summed E-state index contributed by atoms with van der Waals surface area (Å²) in [7, 11) is 0. The molecule has 1 N–H and O–H groups in total. The fourth-order valence-electron chi connectivity index (χ4n) is 4.42. The standard InChI is InChI=1S/C21H19FN4O3S/c22-13-7-5-12(6-8-13)17-18(25-9-10-30-21(25)24-17)23-16(27)11-26-19(28)14-3-1-2-4-15(14)20(26)29/h5-10,14-15H,1-4,11H2,(H,23,27). The quantitative estimate of drug-likeness (QED) is 0.649. The number of carbonyl (C=O) groups excluding carboxylic acids is 3. The molecular weight excluding hydrogens is 407 g/mol. The van der Waals surface area contributed by atoms with Crippen molar-refractivity contribution in [1.82, 2.24) is 14.3 Å². The van der Waals surface area contributed by atoms with Crippen LogP contribution in [-0.2, 0) is 14.4 Å². The average molecular weight is 426 g/mol. The van der Waals surface area contributed by atoms with E-state index in [9.17, 15) is 18.8 Å². The van der Waals surface area contributed by atoms with Gasteiger partial charge in [0.05, 0.1) is 11.8 Å². The van der Waals surface area contributed by atoms with Crippen molar-refractivity contribution < 1.29 is 18.8 Å². The molecule has 2 atom stereocenters. The molecule has 30 heavy (non-hydrogen) atoms. The number of halogens is 1. The second-order valence-electron chi connectivity index (χ2n) is 7.68. The number of nitrogens with zero attached hydrogens (tertiary/aromatic N) is 3. The third-order valence-electron chi connectivity index (χ3n) is 5.87. The van der Waals surface area contributed by atoms with E-state index < -0.39 is 5.91 Å². The zero-order valence-corrected chi connectivity index (χ0v) is 16.8. The summed E-state index contributed by atoms with van der Waals surface area (Å²) in [4.78, 5) is 44.4. The Labute approximate surface area is 175 Å². The van der Waals surface area contributed by atoms with E-state index in [1.807, 2.05) is 5.38 Å². The highest BCUT2D eigenvalue weighted by Crippen LogP contribution is 2.38. The minimum atomic E-state index is -0.466. The first-order valence-corrected chi connectivity index (χ1v) is 10.8. The maximum Gasteiger partial charge on any atom is 0.245 e. The number of benzene rings is 1. The number of hydrogen-bond donors (Lipinski definition) is 1. The minimum Gasteiger partial charge on any atom is -0.308 e. The molecule has 0 spiro atoms. The van der Waals surface area contributed by atoms with E-state index in [4.69, 9.17) is 0 Å². The number of aromatic nitrogens is 2. The van der Waals surface area contributed by atoms with Crippen LogP contribution in [0.3, 0.4) is 0 Å². The number of anilines is 1. The van der Waals surface area contributed by atoms with Gasteiger partial charge in [0.2, 0.25) is 17.7 Å². The fraction of sp³-hybridized carbons (Fsp3) is 0.333. The zero-order valence-electron chi connectivity index (χ0n) is 16.0. The van der Waals surface area contributed by atoms with Gasteiger partial charge in [-0.2, -0.15) is 0 Å². The number of likely N-dealkylation sites (tertiary alicyclic amines) is 1. The summed E-state index contributed by atoms with van der Waals surface area (Å²) < 4.78 is 15.1. The molecule has 1 saturated carbocycles. The van der Waals surface area contributed by atoms with Crippen LogP contribution < -0.4 is 5.32 Å². The number of imide groups is 1. The SMILES string of the molecule is O=C(CN1C(=O)C2CCCCC2C1=O)Nc1c(-c2ccc(F)cc2)nc2sccn12. The Bertz CT molecular complexity index is 1130. The predicted octanol–water partition coefficient (Wildman–Crippen LogP) is 3.32. The lowest BCUT2D eigenvalue weighted by molar-refractivity contribution is -0.142. The summed E-state index contributed by atoms with van der Waals surface area (Å²) in [6, 6.07) is 5.85. The van der Waals surface area contributed by atoms with Crippen LogP contribution >= 0.6 is 11.3 Å². The molecule has 1 aliphatic heterocycles. The number of imidazole rings is 1. The average Bonchev–Trinajstić information content (AvgIpc) is 3.40. The molecule has 2 aromatic heterocycles. The Morgan fingerprint density at radius 2 is 1.80 bits per heavy atom. The van der Waals surface area contributed by atoms with Crippen LogP contribution in [0, 0.1) is 17.7 Å². The van der Waals surface area contributed by atoms with Gasteiger partial charge in [-0.3, -0.25) is 23.7 Å². The molecule has 1 saturated heterocycles. The molecule has 3 aromatic rings. The third-order valence-corrected chi connectivity index (χ3v) is 6.63. The molecule has 7 nitrogen and oxygen atoms in total. The van der Waals surface area contributed by atoms with Crippen molar-refractivity contribution in [3.05, 3.63) is 41.7 Å². The maximum atomic E-state index is 13.3. The number of amides is 3. The van der Waals surface area contributed by atoms with Crippen LogP contribution in [0.15, 0.2) is 35.8 Å². The highest BCUT2D eigenvalue weighted by molar-refractivity contribution is 7.15. The first-order chi connectivity index (χ1) is 14.5. The zero-order chi connectivity index (χ0) is 20.8. The fourth-order valence-corrected chi connectivity index (χ4v) is 5.13. The number of fused-ring (bicyclic) bond motifs is 2. The summed E-state index contributed by atoms with van der Waals surface area (Å²) in [5, 5.41) is 4.65. The van der Waals surface area contributed by atoms with Gasteiger partial charge in [-0.1, -0.05) is 12.8 Å². The number of hydrogen-bond acceptors (Lipinski definition) is 5.